The number of morpholine rings is 2. The maximum atomic E-state index is 13.3. The Hall–Kier alpha value is -1.72. The van der Waals surface area contributed by atoms with Crippen molar-refractivity contribution < 1.29 is 27.4 Å². The van der Waals surface area contributed by atoms with Crippen molar-refractivity contribution >= 4 is 15.9 Å². The second-order valence-corrected chi connectivity index (χ2v) is 11.4. The van der Waals surface area contributed by atoms with E-state index >= 15 is 0 Å². The van der Waals surface area contributed by atoms with Gasteiger partial charge in [0.2, 0.25) is 15.9 Å². The molecule has 0 bridgehead atoms. The molecule has 4 rings (SSSR count). The van der Waals surface area contributed by atoms with Crippen LogP contribution in [-0.2, 0) is 30.7 Å². The van der Waals surface area contributed by atoms with E-state index in [2.05, 4.69) is 18.7 Å². The number of nitrogens with zero attached hydrogens (tertiary/aromatic N) is 3. The number of hydrogen-bond acceptors (Lipinski definition) is 7. The largest absolute Gasteiger partial charge is 0.495 e. The minimum atomic E-state index is -3.74. The lowest BCUT2D eigenvalue weighted by atomic mass is 10.1. The first-order valence-corrected chi connectivity index (χ1v) is 13.6. The van der Waals surface area contributed by atoms with Crippen LogP contribution in [-0.4, -0.2) is 106 Å². The number of sulfonamides is 1. The number of ether oxygens (including phenoxy) is 3. The lowest BCUT2D eigenvalue weighted by Crippen LogP contribution is -2.51. The lowest BCUT2D eigenvalue weighted by molar-refractivity contribution is -0.132. The van der Waals surface area contributed by atoms with Gasteiger partial charge in [-0.05, 0) is 44.4 Å². The van der Waals surface area contributed by atoms with E-state index in [0.29, 0.717) is 31.9 Å². The van der Waals surface area contributed by atoms with Gasteiger partial charge >= 0.3 is 0 Å². The second kappa shape index (κ2) is 10.9. The number of hydrogen-bond donors (Lipinski definition) is 0. The highest BCUT2D eigenvalue weighted by Gasteiger charge is 2.33. The number of rotatable bonds is 7. The van der Waals surface area contributed by atoms with Gasteiger partial charge in [-0.25, -0.2) is 8.42 Å². The second-order valence-electron chi connectivity index (χ2n) is 9.54. The molecule has 10 heteroatoms. The summed E-state index contributed by atoms with van der Waals surface area (Å²) in [6.45, 7) is 8.89. The van der Waals surface area contributed by atoms with Crippen LogP contribution in [0.5, 0.6) is 5.75 Å². The van der Waals surface area contributed by atoms with Gasteiger partial charge < -0.3 is 19.1 Å². The molecule has 1 amide bonds. The van der Waals surface area contributed by atoms with E-state index in [4.69, 9.17) is 14.2 Å². The summed E-state index contributed by atoms with van der Waals surface area (Å²) in [4.78, 5) is 17.8. The smallest absolute Gasteiger partial charge is 0.246 e. The van der Waals surface area contributed by atoms with Crippen LogP contribution in [0.2, 0.25) is 0 Å². The molecule has 0 saturated carbocycles. The molecule has 0 N–H and O–H groups in total. The summed E-state index contributed by atoms with van der Waals surface area (Å²) in [6.07, 6.45) is 2.54. The van der Waals surface area contributed by atoms with Crippen molar-refractivity contribution in [2.45, 2.75) is 56.3 Å². The van der Waals surface area contributed by atoms with Gasteiger partial charge in [0.05, 0.1) is 39.0 Å². The molecule has 0 radical (unpaired) electrons. The van der Waals surface area contributed by atoms with Crippen LogP contribution in [0.15, 0.2) is 23.1 Å². The quantitative estimate of drug-likeness (QED) is 0.564. The molecule has 3 saturated heterocycles. The fraction of sp³-hybridized carbons (Fsp3) is 0.708. The van der Waals surface area contributed by atoms with Crippen molar-refractivity contribution in [3.63, 3.8) is 0 Å². The van der Waals surface area contributed by atoms with E-state index < -0.39 is 10.0 Å². The molecule has 3 unspecified atom stereocenters. The highest BCUT2D eigenvalue weighted by molar-refractivity contribution is 7.89. The van der Waals surface area contributed by atoms with E-state index in [9.17, 15) is 13.2 Å². The van der Waals surface area contributed by atoms with Crippen LogP contribution in [0.3, 0.4) is 0 Å². The van der Waals surface area contributed by atoms with Crippen molar-refractivity contribution in [3.05, 3.63) is 23.8 Å². The molecule has 34 heavy (non-hydrogen) atoms. The summed E-state index contributed by atoms with van der Waals surface area (Å²) in [6, 6.07) is 5.21. The summed E-state index contributed by atoms with van der Waals surface area (Å²) >= 11 is 0. The van der Waals surface area contributed by atoms with Crippen LogP contribution < -0.4 is 4.74 Å². The van der Waals surface area contributed by atoms with Gasteiger partial charge in [0.1, 0.15) is 10.6 Å². The molecular weight excluding hydrogens is 458 g/mol. The molecule has 3 aliphatic heterocycles. The van der Waals surface area contributed by atoms with E-state index in [-0.39, 0.29) is 41.2 Å². The molecule has 3 atom stereocenters. The summed E-state index contributed by atoms with van der Waals surface area (Å²) in [5, 5.41) is 0. The number of methoxy groups -OCH3 is 1. The van der Waals surface area contributed by atoms with Crippen molar-refractivity contribution in [2.24, 2.45) is 0 Å². The lowest BCUT2D eigenvalue weighted by Gasteiger charge is -2.38. The first-order chi connectivity index (χ1) is 16.3. The molecule has 3 fully saturated rings. The van der Waals surface area contributed by atoms with Gasteiger partial charge in [0.15, 0.2) is 0 Å². The average molecular weight is 496 g/mol. The molecule has 9 nitrogen and oxygen atoms in total. The van der Waals surface area contributed by atoms with E-state index in [0.717, 1.165) is 39.0 Å². The van der Waals surface area contributed by atoms with Gasteiger partial charge in [0, 0.05) is 45.3 Å². The third-order valence-corrected chi connectivity index (χ3v) is 8.75. The summed E-state index contributed by atoms with van der Waals surface area (Å²) in [5.41, 5.74) is 0.678. The molecule has 0 aromatic heterocycles. The maximum absolute atomic E-state index is 13.3. The molecule has 3 aliphatic rings. The van der Waals surface area contributed by atoms with Crippen molar-refractivity contribution in [2.75, 3.05) is 59.6 Å². The highest BCUT2D eigenvalue weighted by Crippen LogP contribution is 2.29. The Morgan fingerprint density at radius 1 is 1.12 bits per heavy atom. The van der Waals surface area contributed by atoms with Crippen LogP contribution in [0.1, 0.15) is 32.3 Å². The Kier molecular flexibility index (Phi) is 8.14. The zero-order valence-electron chi connectivity index (χ0n) is 20.4. The van der Waals surface area contributed by atoms with Crippen LogP contribution in [0.4, 0.5) is 0 Å². The minimum Gasteiger partial charge on any atom is -0.495 e. The van der Waals surface area contributed by atoms with Gasteiger partial charge in [-0.2, -0.15) is 4.31 Å². The Balaban J connectivity index is 1.46. The van der Waals surface area contributed by atoms with Gasteiger partial charge in [-0.3, -0.25) is 9.69 Å². The Labute approximate surface area is 203 Å². The molecule has 0 spiro atoms. The minimum absolute atomic E-state index is 0.0387. The number of likely N-dealkylation sites (tertiary alicyclic amines) is 1. The van der Waals surface area contributed by atoms with Crippen LogP contribution in [0, 0.1) is 0 Å². The molecule has 1 aromatic rings. The zero-order chi connectivity index (χ0) is 24.3. The summed E-state index contributed by atoms with van der Waals surface area (Å²) in [7, 11) is -2.28. The third kappa shape index (κ3) is 5.73. The van der Waals surface area contributed by atoms with Crippen LogP contribution >= 0.6 is 0 Å². The Bertz CT molecular complexity index is 955. The molecule has 190 valence electrons. The average Bonchev–Trinajstić information content (AvgIpc) is 3.27. The standard InChI is InChI=1S/C24H37N3O6S/c1-18-15-25(16-19(2)33-18)17-21-5-4-8-27(21)24(28)14-20-6-7-22(31-3)23(13-20)34(29,30)26-9-11-32-12-10-26/h6-7,13,18-19,21H,4-5,8-12,14-17H2,1-3H3. The maximum Gasteiger partial charge on any atom is 0.246 e. The monoisotopic (exact) mass is 495 g/mol. The Morgan fingerprint density at radius 2 is 1.82 bits per heavy atom. The van der Waals surface area contributed by atoms with Gasteiger partial charge in [-0.15, -0.1) is 0 Å². The predicted octanol–water partition coefficient (Wildman–Crippen LogP) is 1.36. The first kappa shape index (κ1) is 25.4. The molecule has 3 heterocycles. The first-order valence-electron chi connectivity index (χ1n) is 12.2. The van der Waals surface area contributed by atoms with E-state index in [1.165, 1.54) is 11.4 Å². The number of benzene rings is 1. The zero-order valence-corrected chi connectivity index (χ0v) is 21.3. The molecular formula is C24H37N3O6S. The summed E-state index contributed by atoms with van der Waals surface area (Å²) < 4.78 is 44.4. The van der Waals surface area contributed by atoms with Crippen molar-refractivity contribution in [1.29, 1.82) is 0 Å². The number of amides is 1. The highest BCUT2D eigenvalue weighted by atomic mass is 32.2. The normalized spacial score (nSPS) is 27.1. The third-order valence-electron chi connectivity index (χ3n) is 6.83. The van der Waals surface area contributed by atoms with E-state index in [1.807, 2.05) is 4.90 Å². The SMILES string of the molecule is COc1ccc(CC(=O)N2CCCC2CN2CC(C)OC(C)C2)cc1S(=O)(=O)N1CCOCC1. The van der Waals surface area contributed by atoms with Gasteiger partial charge in [-0.1, -0.05) is 6.07 Å². The Morgan fingerprint density at radius 3 is 2.50 bits per heavy atom. The van der Waals surface area contributed by atoms with Gasteiger partial charge in [0.25, 0.3) is 0 Å². The topological polar surface area (TPSA) is 88.6 Å². The summed E-state index contributed by atoms with van der Waals surface area (Å²) in [5.74, 6) is 0.328. The van der Waals surface area contributed by atoms with Crippen molar-refractivity contribution in [3.8, 4) is 5.75 Å². The fourth-order valence-electron chi connectivity index (χ4n) is 5.32. The predicted molar refractivity (Wildman–Crippen MR) is 127 cm³/mol. The van der Waals surface area contributed by atoms with E-state index in [1.54, 1.807) is 18.2 Å². The van der Waals surface area contributed by atoms with Crippen molar-refractivity contribution in [1.82, 2.24) is 14.1 Å². The molecule has 0 aliphatic carbocycles. The number of carbonyl (C=O) groups is 1. The molecule has 1 aromatic carbocycles. The fourth-order valence-corrected chi connectivity index (χ4v) is 6.93. The van der Waals surface area contributed by atoms with Crippen LogP contribution in [0.25, 0.3) is 0 Å². The number of carbonyl (C=O) groups excluding carboxylic acids is 1.